The standard InChI is InChI=1S/C28H48N7O21P3S/c1-27(2,20(40)24(42)31-5-4-15(37)30-6-7-60-26-21(41)28(3,43)19(39)13(8-36)54-26)10-52-59(49,50)56-58(47,48)51-9-14-18(55-57(44,45)46)17(38)25(53-14)35-12-34-16-22(29)32-11-33-23(16)35/h11-14,17-21,25-26,36,38-41,43H,4-10H2,1-3H3,(H,30,37)(H,31,42)(H,47,48)(H,49,50)(H2,29,32,33)(H2,44,45,46)/t13-,14-,17-,18-,19-,20+,21+,25-,26?,28+/m1/s1. The molecule has 0 saturated carbocycles. The van der Waals surface area contributed by atoms with E-state index in [1.807, 2.05) is 0 Å². The summed E-state index contributed by atoms with van der Waals surface area (Å²) in [5.41, 5.74) is 1.20. The van der Waals surface area contributed by atoms with Crippen molar-refractivity contribution in [3.8, 4) is 0 Å². The molecule has 2 aromatic heterocycles. The molecule has 28 nitrogen and oxygen atoms in total. The number of aromatic nitrogens is 4. The number of phosphoric acid groups is 3. The quantitative estimate of drug-likeness (QED) is 0.0423. The maximum Gasteiger partial charge on any atom is 0.481 e. The highest BCUT2D eigenvalue weighted by molar-refractivity contribution is 7.99. The fraction of sp³-hybridized carbons (Fsp3) is 0.750. The van der Waals surface area contributed by atoms with Gasteiger partial charge in [0.15, 0.2) is 17.7 Å². The van der Waals surface area contributed by atoms with Gasteiger partial charge in [-0.25, -0.2) is 28.6 Å². The van der Waals surface area contributed by atoms with Gasteiger partial charge in [-0.2, -0.15) is 4.31 Å². The zero-order chi connectivity index (χ0) is 45.0. The molecule has 0 aliphatic carbocycles. The summed E-state index contributed by atoms with van der Waals surface area (Å²) in [6.45, 7) is 0.728. The SMILES string of the molecule is CC(C)(COP(=O)(O)OP(=O)(O)OC[C@H]1O[C@@H](n2cnc3c(N)ncnc32)[C@H](O)[C@@H]1OP(=O)(O)O)[C@@H](O)C(=O)NCCC(=O)NCCSC1O[C@H](CO)[C@@H](O)[C@](C)(O)[C@H]1O. The second-order valence-corrected chi connectivity index (χ2v) is 19.7. The molecule has 342 valence electrons. The first-order valence-electron chi connectivity index (χ1n) is 17.5. The predicted octanol–water partition coefficient (Wildman–Crippen LogP) is -3.67. The lowest BCUT2D eigenvalue weighted by Crippen LogP contribution is -2.64. The van der Waals surface area contributed by atoms with E-state index in [2.05, 4.69) is 34.4 Å². The molecular weight excluding hydrogens is 895 g/mol. The molecule has 4 heterocycles. The van der Waals surface area contributed by atoms with Crippen molar-refractivity contribution in [2.75, 3.05) is 44.4 Å². The molecule has 4 rings (SSSR count). The molecule has 14 N–H and O–H groups in total. The highest BCUT2D eigenvalue weighted by Crippen LogP contribution is 2.61. The van der Waals surface area contributed by atoms with Crippen LogP contribution in [0.5, 0.6) is 0 Å². The first-order valence-corrected chi connectivity index (χ1v) is 23.1. The molecule has 60 heavy (non-hydrogen) atoms. The summed E-state index contributed by atoms with van der Waals surface area (Å²) in [6, 6.07) is 0. The van der Waals surface area contributed by atoms with Crippen LogP contribution in [0.1, 0.15) is 33.4 Å². The highest BCUT2D eigenvalue weighted by Gasteiger charge is 2.52. The number of fused-ring (bicyclic) bond motifs is 1. The molecule has 2 aliphatic heterocycles. The average molecular weight is 944 g/mol. The fourth-order valence-electron chi connectivity index (χ4n) is 5.73. The molecule has 32 heteroatoms. The van der Waals surface area contributed by atoms with Crippen molar-refractivity contribution in [3.63, 3.8) is 0 Å². The second-order valence-electron chi connectivity index (χ2n) is 14.3. The second kappa shape index (κ2) is 20.0. The van der Waals surface area contributed by atoms with E-state index in [0.29, 0.717) is 0 Å². The lowest BCUT2D eigenvalue weighted by atomic mass is 9.87. The van der Waals surface area contributed by atoms with Crippen LogP contribution in [0.3, 0.4) is 0 Å². The third-order valence-electron chi connectivity index (χ3n) is 9.08. The Morgan fingerprint density at radius 1 is 1.02 bits per heavy atom. The van der Waals surface area contributed by atoms with E-state index >= 15 is 0 Å². The Morgan fingerprint density at radius 3 is 2.33 bits per heavy atom. The van der Waals surface area contributed by atoms with Crippen molar-refractivity contribution in [2.24, 2.45) is 5.41 Å². The Kier molecular flexibility index (Phi) is 16.8. The normalized spacial score (nSPS) is 30.1. The van der Waals surface area contributed by atoms with E-state index in [1.54, 1.807) is 0 Å². The number of nitrogen functional groups attached to an aromatic ring is 1. The molecule has 2 saturated heterocycles. The Balaban J connectivity index is 1.22. The van der Waals surface area contributed by atoms with E-state index in [4.69, 9.17) is 24.3 Å². The van der Waals surface area contributed by atoms with Gasteiger partial charge in [-0.05, 0) is 6.92 Å². The van der Waals surface area contributed by atoms with Gasteiger partial charge in [-0.15, -0.1) is 11.8 Å². The molecule has 0 spiro atoms. The molecular formula is C28H48N7O21P3S. The van der Waals surface area contributed by atoms with Gasteiger partial charge in [-0.1, -0.05) is 13.8 Å². The van der Waals surface area contributed by atoms with Gasteiger partial charge in [0.25, 0.3) is 0 Å². The van der Waals surface area contributed by atoms with Gasteiger partial charge >= 0.3 is 23.5 Å². The molecule has 0 radical (unpaired) electrons. The third-order valence-corrected chi connectivity index (χ3v) is 13.3. The molecule has 2 aliphatic rings. The van der Waals surface area contributed by atoms with Crippen molar-refractivity contribution >= 4 is 64.0 Å². The van der Waals surface area contributed by atoms with E-state index in [9.17, 15) is 73.5 Å². The number of ether oxygens (including phenoxy) is 2. The average Bonchev–Trinajstić information content (AvgIpc) is 3.71. The highest BCUT2D eigenvalue weighted by atomic mass is 32.2. The number of nitrogens with two attached hydrogens (primary N) is 1. The number of hydrogen-bond donors (Lipinski definition) is 13. The van der Waals surface area contributed by atoms with Crippen LogP contribution in [0.15, 0.2) is 12.7 Å². The number of imidazole rings is 1. The van der Waals surface area contributed by atoms with Crippen molar-refractivity contribution in [1.82, 2.24) is 30.2 Å². The first kappa shape index (κ1) is 50.3. The zero-order valence-electron chi connectivity index (χ0n) is 31.9. The van der Waals surface area contributed by atoms with Crippen molar-refractivity contribution in [3.05, 3.63) is 12.7 Å². The largest absolute Gasteiger partial charge is 0.481 e. The van der Waals surface area contributed by atoms with Gasteiger partial charge < -0.3 is 76.1 Å². The van der Waals surface area contributed by atoms with Gasteiger partial charge in [0, 0.05) is 30.7 Å². The first-order chi connectivity index (χ1) is 27.7. The number of phosphoric ester groups is 3. The lowest BCUT2D eigenvalue weighted by molar-refractivity contribution is -0.248. The van der Waals surface area contributed by atoms with E-state index in [-0.39, 0.29) is 42.2 Å². The van der Waals surface area contributed by atoms with Crippen LogP contribution in [0, 0.1) is 5.41 Å². The molecule has 12 atom stereocenters. The topological polar surface area (TPSA) is 437 Å². The van der Waals surface area contributed by atoms with Crippen LogP contribution in [0.4, 0.5) is 5.82 Å². The Bertz CT molecular complexity index is 1960. The summed E-state index contributed by atoms with van der Waals surface area (Å²) < 4.78 is 67.6. The van der Waals surface area contributed by atoms with E-state index in [0.717, 1.165) is 29.0 Å². The molecule has 2 fully saturated rings. The van der Waals surface area contributed by atoms with Crippen LogP contribution < -0.4 is 16.4 Å². The number of carbonyl (C=O) groups excluding carboxylic acids is 2. The maximum absolute atomic E-state index is 12.7. The number of amides is 2. The minimum absolute atomic E-state index is 0.0162. The number of nitrogens with zero attached hydrogens (tertiary/aromatic N) is 4. The summed E-state index contributed by atoms with van der Waals surface area (Å²) in [7, 11) is -16.5. The molecule has 2 amide bonds. The minimum atomic E-state index is -5.60. The molecule has 3 unspecified atom stereocenters. The number of hydrogen-bond acceptors (Lipinski definition) is 22. The summed E-state index contributed by atoms with van der Waals surface area (Å²) in [4.78, 5) is 75.9. The number of aliphatic hydroxyl groups is 6. The van der Waals surface area contributed by atoms with Crippen molar-refractivity contribution < 1.29 is 101 Å². The van der Waals surface area contributed by atoms with Crippen LogP contribution >= 0.6 is 35.2 Å². The predicted molar refractivity (Wildman–Crippen MR) is 200 cm³/mol. The van der Waals surface area contributed by atoms with E-state index in [1.165, 1.54) is 20.8 Å². The molecule has 0 bridgehead atoms. The summed E-state index contributed by atoms with van der Waals surface area (Å²) in [5, 5.41) is 66.5. The number of thioether (sulfide) groups is 1. The minimum Gasteiger partial charge on any atom is -0.394 e. The van der Waals surface area contributed by atoms with Gasteiger partial charge in [0.2, 0.25) is 11.8 Å². The molecule has 2 aromatic rings. The number of rotatable bonds is 21. The van der Waals surface area contributed by atoms with Crippen molar-refractivity contribution in [2.45, 2.75) is 87.2 Å². The lowest BCUT2D eigenvalue weighted by Gasteiger charge is -2.46. The van der Waals surface area contributed by atoms with E-state index < -0.39 is 121 Å². The fourth-order valence-corrected chi connectivity index (χ4v) is 9.69. The van der Waals surface area contributed by atoms with Crippen LogP contribution in [0.25, 0.3) is 11.2 Å². The van der Waals surface area contributed by atoms with Crippen LogP contribution in [-0.2, 0) is 50.6 Å². The number of nitrogens with one attached hydrogen (secondary N) is 2. The zero-order valence-corrected chi connectivity index (χ0v) is 35.4. The van der Waals surface area contributed by atoms with Crippen LogP contribution in [0.2, 0.25) is 0 Å². The van der Waals surface area contributed by atoms with Gasteiger partial charge in [-0.3, -0.25) is 27.7 Å². The molecule has 0 aromatic carbocycles. The number of anilines is 1. The summed E-state index contributed by atoms with van der Waals surface area (Å²) >= 11 is 1.01. The number of carbonyl (C=O) groups is 2. The van der Waals surface area contributed by atoms with Crippen molar-refractivity contribution in [1.29, 1.82) is 0 Å². The maximum atomic E-state index is 12.7. The summed E-state index contributed by atoms with van der Waals surface area (Å²) in [5.74, 6) is -1.44. The third kappa shape index (κ3) is 12.9. The van der Waals surface area contributed by atoms with Gasteiger partial charge in [0.1, 0.15) is 65.6 Å². The smallest absolute Gasteiger partial charge is 0.394 e. The monoisotopic (exact) mass is 943 g/mol. The van der Waals surface area contributed by atoms with Gasteiger partial charge in [0.05, 0.1) is 26.1 Å². The number of aliphatic hydroxyl groups excluding tert-OH is 5. The Morgan fingerprint density at radius 2 is 1.68 bits per heavy atom. The summed E-state index contributed by atoms with van der Waals surface area (Å²) in [6.07, 6.45) is -11.3. The van der Waals surface area contributed by atoms with Crippen LogP contribution in [-0.4, -0.2) is 174 Å². The Labute approximate surface area is 344 Å². The Hall–Kier alpha value is -2.31.